The summed E-state index contributed by atoms with van der Waals surface area (Å²) in [5, 5.41) is 0. The first-order chi connectivity index (χ1) is 9.22. The maximum Gasteiger partial charge on any atom is 0.379 e. The van der Waals surface area contributed by atoms with E-state index >= 15 is 0 Å². The number of esters is 1. The van der Waals surface area contributed by atoms with Gasteiger partial charge in [-0.3, -0.25) is 4.79 Å². The molecule has 2 rings (SSSR count). The fourth-order valence-corrected chi connectivity index (χ4v) is 3.39. The van der Waals surface area contributed by atoms with Gasteiger partial charge in [0.25, 0.3) is 5.78 Å². The molecule has 0 N–H and O–H groups in total. The van der Waals surface area contributed by atoms with Gasteiger partial charge in [-0.25, -0.2) is 4.79 Å². The highest BCUT2D eigenvalue weighted by Crippen LogP contribution is 2.31. The van der Waals surface area contributed by atoms with Crippen LogP contribution >= 0.6 is 11.8 Å². The smallest absolute Gasteiger partial charge is 0.379 e. The van der Waals surface area contributed by atoms with Crippen LogP contribution in [0.1, 0.15) is 41.6 Å². The van der Waals surface area contributed by atoms with Crippen LogP contribution < -0.4 is 0 Å². The molecule has 0 saturated carbocycles. The van der Waals surface area contributed by atoms with Gasteiger partial charge < -0.3 is 4.74 Å². The molecule has 0 radical (unpaired) electrons. The van der Waals surface area contributed by atoms with E-state index in [1.54, 1.807) is 13.0 Å². The first-order valence-electron chi connectivity index (χ1n) is 6.61. The zero-order chi connectivity index (χ0) is 13.7. The van der Waals surface area contributed by atoms with Gasteiger partial charge in [-0.1, -0.05) is 18.2 Å². The van der Waals surface area contributed by atoms with Gasteiger partial charge in [0.1, 0.15) is 0 Å². The number of carbonyl (C=O) groups excluding carboxylic acids is 2. The summed E-state index contributed by atoms with van der Waals surface area (Å²) in [7, 11) is 0. The Morgan fingerprint density at radius 3 is 2.74 bits per heavy atom. The van der Waals surface area contributed by atoms with Crippen LogP contribution in [0.15, 0.2) is 24.3 Å². The van der Waals surface area contributed by atoms with Crippen molar-refractivity contribution in [1.82, 2.24) is 0 Å². The molecule has 0 amide bonds. The van der Waals surface area contributed by atoms with Crippen LogP contribution in [0.3, 0.4) is 0 Å². The number of hydrogen-bond acceptors (Lipinski definition) is 4. The predicted octanol–water partition coefficient (Wildman–Crippen LogP) is 3.04. The van der Waals surface area contributed by atoms with Crippen LogP contribution in [0.5, 0.6) is 0 Å². The third-order valence-electron chi connectivity index (χ3n) is 3.30. The van der Waals surface area contributed by atoms with E-state index in [-0.39, 0.29) is 6.61 Å². The van der Waals surface area contributed by atoms with Gasteiger partial charge in [-0.2, -0.15) is 11.8 Å². The molecule has 0 unspecified atom stereocenters. The fourth-order valence-electron chi connectivity index (χ4n) is 2.28. The minimum atomic E-state index is -0.765. The lowest BCUT2D eigenvalue weighted by Gasteiger charge is -2.21. The first kappa shape index (κ1) is 14.1. The second-order valence-electron chi connectivity index (χ2n) is 4.56. The summed E-state index contributed by atoms with van der Waals surface area (Å²) in [4.78, 5) is 23.3. The number of ketones is 1. The Kier molecular flexibility index (Phi) is 5.02. The summed E-state index contributed by atoms with van der Waals surface area (Å²) in [5.74, 6) is 1.53. The highest BCUT2D eigenvalue weighted by molar-refractivity contribution is 7.99. The van der Waals surface area contributed by atoms with Crippen molar-refractivity contribution in [2.24, 2.45) is 0 Å². The Morgan fingerprint density at radius 1 is 1.32 bits per heavy atom. The van der Waals surface area contributed by atoms with E-state index < -0.39 is 11.8 Å². The molecule has 1 heterocycles. The van der Waals surface area contributed by atoms with Crippen LogP contribution in [0.2, 0.25) is 0 Å². The number of hydrogen-bond donors (Lipinski definition) is 0. The van der Waals surface area contributed by atoms with Crippen molar-refractivity contribution in [2.75, 3.05) is 18.1 Å². The van der Waals surface area contributed by atoms with Gasteiger partial charge in [0.15, 0.2) is 0 Å². The van der Waals surface area contributed by atoms with Gasteiger partial charge in [-0.15, -0.1) is 0 Å². The largest absolute Gasteiger partial charge is 0.460 e. The lowest BCUT2D eigenvalue weighted by Crippen LogP contribution is -2.18. The zero-order valence-electron chi connectivity index (χ0n) is 11.1. The molecular formula is C15H18O3S. The summed E-state index contributed by atoms with van der Waals surface area (Å²) >= 11 is 1.97. The highest BCUT2D eigenvalue weighted by atomic mass is 32.2. The molecule has 3 nitrogen and oxygen atoms in total. The lowest BCUT2D eigenvalue weighted by molar-refractivity contribution is -0.137. The molecule has 0 atom stereocenters. The molecule has 1 saturated heterocycles. The number of thioether (sulfide) groups is 1. The Hall–Kier alpha value is -1.29. The molecular weight excluding hydrogens is 260 g/mol. The quantitative estimate of drug-likeness (QED) is 0.482. The molecule has 102 valence electrons. The Labute approximate surface area is 117 Å². The Bertz CT molecular complexity index is 464. The molecule has 0 bridgehead atoms. The third kappa shape index (κ3) is 3.60. The topological polar surface area (TPSA) is 43.4 Å². The molecule has 1 aromatic rings. The normalized spacial score (nSPS) is 16.1. The molecule has 1 aliphatic rings. The maximum absolute atomic E-state index is 11.9. The fraction of sp³-hybridized carbons (Fsp3) is 0.467. The van der Waals surface area contributed by atoms with E-state index in [4.69, 9.17) is 4.74 Å². The van der Waals surface area contributed by atoms with Crippen molar-refractivity contribution in [3.05, 3.63) is 35.4 Å². The average Bonchev–Trinajstić information content (AvgIpc) is 2.48. The molecule has 1 aliphatic heterocycles. The Balaban J connectivity index is 2.14. The third-order valence-corrected chi connectivity index (χ3v) is 4.35. The van der Waals surface area contributed by atoms with Crippen molar-refractivity contribution >= 4 is 23.5 Å². The molecule has 4 heteroatoms. The van der Waals surface area contributed by atoms with Crippen LogP contribution in [0.25, 0.3) is 0 Å². The van der Waals surface area contributed by atoms with Gasteiger partial charge in [-0.05, 0) is 48.8 Å². The number of Topliss-reactive ketones (excluding diaryl/α,β-unsaturated/α-hetero) is 1. The van der Waals surface area contributed by atoms with E-state index in [1.165, 1.54) is 11.5 Å². The first-order valence-corrected chi connectivity index (χ1v) is 7.77. The van der Waals surface area contributed by atoms with Gasteiger partial charge >= 0.3 is 5.97 Å². The minimum absolute atomic E-state index is 0.226. The predicted molar refractivity (Wildman–Crippen MR) is 76.7 cm³/mol. The van der Waals surface area contributed by atoms with E-state index in [1.807, 2.05) is 30.0 Å². The maximum atomic E-state index is 11.9. The van der Waals surface area contributed by atoms with Gasteiger partial charge in [0, 0.05) is 5.56 Å². The van der Waals surface area contributed by atoms with Crippen LogP contribution in [0, 0.1) is 0 Å². The molecule has 1 aromatic carbocycles. The van der Waals surface area contributed by atoms with E-state index in [9.17, 15) is 9.59 Å². The summed E-state index contributed by atoms with van der Waals surface area (Å²) in [5.41, 5.74) is 1.60. The highest BCUT2D eigenvalue weighted by Gasteiger charge is 2.20. The molecule has 0 spiro atoms. The molecule has 1 fully saturated rings. The number of ether oxygens (including phenoxy) is 1. The minimum Gasteiger partial charge on any atom is -0.460 e. The second kappa shape index (κ2) is 6.75. The summed E-state index contributed by atoms with van der Waals surface area (Å²) in [6.07, 6.45) is 2.28. The summed E-state index contributed by atoms with van der Waals surface area (Å²) in [6, 6.07) is 7.42. The van der Waals surface area contributed by atoms with Crippen molar-refractivity contribution in [3.63, 3.8) is 0 Å². The van der Waals surface area contributed by atoms with Crippen molar-refractivity contribution in [3.8, 4) is 0 Å². The number of rotatable bonds is 4. The van der Waals surface area contributed by atoms with Gasteiger partial charge in [0.2, 0.25) is 0 Å². The van der Waals surface area contributed by atoms with Crippen molar-refractivity contribution in [2.45, 2.75) is 25.7 Å². The lowest BCUT2D eigenvalue weighted by atomic mass is 9.92. The average molecular weight is 278 g/mol. The van der Waals surface area contributed by atoms with Crippen molar-refractivity contribution < 1.29 is 14.3 Å². The van der Waals surface area contributed by atoms with Crippen LogP contribution in [0.4, 0.5) is 0 Å². The second-order valence-corrected chi connectivity index (χ2v) is 5.79. The SMILES string of the molecule is CCOC(=O)C(=O)c1cccc(C2CCSCC2)c1. The molecule has 0 aliphatic carbocycles. The standard InChI is InChI=1S/C15H18O3S/c1-2-18-15(17)14(16)13-5-3-4-12(10-13)11-6-8-19-9-7-11/h3-5,10-11H,2,6-9H2,1H3. The van der Waals surface area contributed by atoms with E-state index in [2.05, 4.69) is 0 Å². The number of benzene rings is 1. The summed E-state index contributed by atoms with van der Waals surface area (Å²) in [6.45, 7) is 1.92. The van der Waals surface area contributed by atoms with Crippen LogP contribution in [-0.2, 0) is 9.53 Å². The zero-order valence-corrected chi connectivity index (χ0v) is 11.9. The van der Waals surface area contributed by atoms with E-state index in [0.29, 0.717) is 11.5 Å². The molecule has 19 heavy (non-hydrogen) atoms. The summed E-state index contributed by atoms with van der Waals surface area (Å²) < 4.78 is 4.75. The van der Waals surface area contributed by atoms with E-state index in [0.717, 1.165) is 18.4 Å². The monoisotopic (exact) mass is 278 g/mol. The van der Waals surface area contributed by atoms with Crippen molar-refractivity contribution in [1.29, 1.82) is 0 Å². The Morgan fingerprint density at radius 2 is 2.05 bits per heavy atom. The molecule has 0 aromatic heterocycles. The number of carbonyl (C=O) groups is 2. The van der Waals surface area contributed by atoms with Gasteiger partial charge in [0.05, 0.1) is 6.61 Å². The van der Waals surface area contributed by atoms with Crippen LogP contribution in [-0.4, -0.2) is 29.9 Å².